The SMILES string of the molecule is CSc1c(C#N)c(=O)n2ccccc2c1C(=O)OCc1ccc(Br)cc1. The zero-order valence-corrected chi connectivity index (χ0v) is 16.1. The third kappa shape index (κ3) is 3.39. The van der Waals surface area contributed by atoms with Crippen molar-refractivity contribution in [3.63, 3.8) is 0 Å². The van der Waals surface area contributed by atoms with Gasteiger partial charge in [-0.2, -0.15) is 5.26 Å². The number of rotatable bonds is 4. The van der Waals surface area contributed by atoms with Crippen molar-refractivity contribution in [1.29, 1.82) is 5.26 Å². The van der Waals surface area contributed by atoms with Crippen LogP contribution in [0.15, 0.2) is 62.8 Å². The maximum atomic E-state index is 12.8. The Labute approximate surface area is 162 Å². The number of hydrogen-bond donors (Lipinski definition) is 0. The average Bonchev–Trinajstić information content (AvgIpc) is 2.67. The van der Waals surface area contributed by atoms with E-state index < -0.39 is 11.5 Å². The molecular formula is C19H13BrN2O3S. The predicted molar refractivity (Wildman–Crippen MR) is 103 cm³/mol. The first-order valence-corrected chi connectivity index (χ1v) is 9.61. The van der Waals surface area contributed by atoms with E-state index in [0.717, 1.165) is 10.0 Å². The van der Waals surface area contributed by atoms with Gasteiger partial charge in [0.25, 0.3) is 5.56 Å². The number of carbonyl (C=O) groups is 1. The molecule has 2 aromatic heterocycles. The number of nitrogens with zero attached hydrogens (tertiary/aromatic N) is 2. The Balaban J connectivity index is 2.06. The lowest BCUT2D eigenvalue weighted by Gasteiger charge is -2.13. The van der Waals surface area contributed by atoms with Gasteiger partial charge < -0.3 is 4.74 Å². The normalized spacial score (nSPS) is 10.5. The molecule has 0 saturated heterocycles. The van der Waals surface area contributed by atoms with Crippen LogP contribution in [0.25, 0.3) is 5.52 Å². The van der Waals surface area contributed by atoms with Crippen molar-refractivity contribution in [1.82, 2.24) is 4.40 Å². The molecular weight excluding hydrogens is 416 g/mol. The minimum absolute atomic E-state index is 0.0585. The monoisotopic (exact) mass is 428 g/mol. The van der Waals surface area contributed by atoms with Gasteiger partial charge in [-0.15, -0.1) is 11.8 Å². The van der Waals surface area contributed by atoms with Gasteiger partial charge in [-0.25, -0.2) is 4.79 Å². The lowest BCUT2D eigenvalue weighted by atomic mass is 10.1. The van der Waals surface area contributed by atoms with Crippen molar-refractivity contribution in [2.45, 2.75) is 11.5 Å². The second kappa shape index (κ2) is 7.77. The van der Waals surface area contributed by atoms with Gasteiger partial charge in [0, 0.05) is 15.6 Å². The number of carbonyl (C=O) groups excluding carboxylic acids is 1. The van der Waals surface area contributed by atoms with Crippen LogP contribution in [-0.2, 0) is 11.3 Å². The van der Waals surface area contributed by atoms with Gasteiger partial charge in [0.05, 0.1) is 11.1 Å². The molecule has 0 aliphatic carbocycles. The first kappa shape index (κ1) is 18.2. The summed E-state index contributed by atoms with van der Waals surface area (Å²) in [6, 6.07) is 14.4. The fourth-order valence-electron chi connectivity index (χ4n) is 2.58. The molecule has 2 heterocycles. The molecule has 0 unspecified atom stereocenters. The highest BCUT2D eigenvalue weighted by molar-refractivity contribution is 9.10. The Bertz CT molecular complexity index is 1080. The molecule has 3 rings (SSSR count). The number of aromatic nitrogens is 1. The van der Waals surface area contributed by atoms with Gasteiger partial charge in [-0.3, -0.25) is 9.20 Å². The zero-order chi connectivity index (χ0) is 18.7. The second-order valence-corrected chi connectivity index (χ2v) is 7.09. The minimum atomic E-state index is -0.572. The zero-order valence-electron chi connectivity index (χ0n) is 13.7. The van der Waals surface area contributed by atoms with Crippen LogP contribution >= 0.6 is 27.7 Å². The van der Waals surface area contributed by atoms with Crippen molar-refractivity contribution in [2.24, 2.45) is 0 Å². The van der Waals surface area contributed by atoms with Crippen molar-refractivity contribution < 1.29 is 9.53 Å². The second-order valence-electron chi connectivity index (χ2n) is 5.36. The Morgan fingerprint density at radius 1 is 1.27 bits per heavy atom. The molecule has 0 bridgehead atoms. The molecule has 0 aliphatic rings. The van der Waals surface area contributed by atoms with Crippen LogP contribution in [0.3, 0.4) is 0 Å². The first-order chi connectivity index (χ1) is 12.6. The Kier molecular flexibility index (Phi) is 5.45. The van der Waals surface area contributed by atoms with Gasteiger partial charge in [-0.1, -0.05) is 34.1 Å². The van der Waals surface area contributed by atoms with Gasteiger partial charge in [0.15, 0.2) is 0 Å². The van der Waals surface area contributed by atoms with E-state index in [1.807, 2.05) is 30.3 Å². The molecule has 0 aliphatic heterocycles. The molecule has 130 valence electrons. The lowest BCUT2D eigenvalue weighted by Crippen LogP contribution is -2.22. The van der Waals surface area contributed by atoms with E-state index in [0.29, 0.717) is 10.4 Å². The van der Waals surface area contributed by atoms with Gasteiger partial charge in [-0.05, 0) is 36.1 Å². The smallest absolute Gasteiger partial charge is 0.341 e. The molecule has 0 atom stereocenters. The summed E-state index contributed by atoms with van der Waals surface area (Å²) in [6.45, 7) is 0.0972. The van der Waals surface area contributed by atoms with E-state index in [-0.39, 0.29) is 17.7 Å². The van der Waals surface area contributed by atoms with Crippen LogP contribution in [0.5, 0.6) is 0 Å². The fraction of sp³-hybridized carbons (Fsp3) is 0.105. The highest BCUT2D eigenvalue weighted by Crippen LogP contribution is 2.27. The highest BCUT2D eigenvalue weighted by Gasteiger charge is 2.23. The largest absolute Gasteiger partial charge is 0.457 e. The molecule has 0 saturated carbocycles. The van der Waals surface area contributed by atoms with E-state index >= 15 is 0 Å². The van der Waals surface area contributed by atoms with E-state index in [2.05, 4.69) is 15.9 Å². The third-order valence-electron chi connectivity index (χ3n) is 3.81. The lowest BCUT2D eigenvalue weighted by molar-refractivity contribution is 0.0470. The summed E-state index contributed by atoms with van der Waals surface area (Å²) in [4.78, 5) is 25.6. The minimum Gasteiger partial charge on any atom is -0.457 e. The fourth-order valence-corrected chi connectivity index (χ4v) is 3.58. The van der Waals surface area contributed by atoms with Crippen LogP contribution in [0.2, 0.25) is 0 Å². The molecule has 0 amide bonds. The van der Waals surface area contributed by atoms with E-state index in [1.54, 1.807) is 24.5 Å². The number of halogens is 1. The van der Waals surface area contributed by atoms with Crippen molar-refractivity contribution in [3.05, 3.63) is 80.2 Å². The van der Waals surface area contributed by atoms with Crippen LogP contribution in [0, 0.1) is 11.3 Å². The van der Waals surface area contributed by atoms with Gasteiger partial charge >= 0.3 is 5.97 Å². The Hall–Kier alpha value is -2.56. The maximum absolute atomic E-state index is 12.8. The molecule has 0 radical (unpaired) electrons. The topological polar surface area (TPSA) is 71.6 Å². The summed E-state index contributed by atoms with van der Waals surface area (Å²) in [6.07, 6.45) is 3.26. The summed E-state index contributed by atoms with van der Waals surface area (Å²) in [5.41, 5.74) is 0.979. The molecule has 1 aromatic carbocycles. The van der Waals surface area contributed by atoms with Crippen molar-refractivity contribution >= 4 is 39.2 Å². The number of ether oxygens (including phenoxy) is 1. The van der Waals surface area contributed by atoms with Crippen LogP contribution in [0.4, 0.5) is 0 Å². The Morgan fingerprint density at radius 2 is 2.00 bits per heavy atom. The standard InChI is InChI=1S/C19H13BrN2O3S/c1-26-17-14(10-21)18(23)22-9-3-2-4-15(22)16(17)19(24)25-11-12-5-7-13(20)8-6-12/h2-9H,11H2,1H3. The number of esters is 1. The summed E-state index contributed by atoms with van der Waals surface area (Å²) >= 11 is 4.54. The van der Waals surface area contributed by atoms with Gasteiger partial charge in [0.1, 0.15) is 18.2 Å². The number of thioether (sulfide) groups is 1. The Morgan fingerprint density at radius 3 is 2.65 bits per heavy atom. The molecule has 0 spiro atoms. The number of pyridine rings is 2. The predicted octanol–water partition coefficient (Wildman–Crippen LogP) is 4.01. The summed E-state index contributed by atoms with van der Waals surface area (Å²) < 4.78 is 7.69. The molecule has 26 heavy (non-hydrogen) atoms. The summed E-state index contributed by atoms with van der Waals surface area (Å²) in [7, 11) is 0. The quantitative estimate of drug-likeness (QED) is 0.463. The number of hydrogen-bond acceptors (Lipinski definition) is 5. The molecule has 7 heteroatoms. The molecule has 3 aromatic rings. The maximum Gasteiger partial charge on any atom is 0.341 e. The van der Waals surface area contributed by atoms with Crippen LogP contribution in [-0.4, -0.2) is 16.6 Å². The molecule has 0 N–H and O–H groups in total. The van der Waals surface area contributed by atoms with Crippen LogP contribution < -0.4 is 5.56 Å². The van der Waals surface area contributed by atoms with Crippen molar-refractivity contribution in [3.8, 4) is 6.07 Å². The van der Waals surface area contributed by atoms with E-state index in [4.69, 9.17) is 4.74 Å². The highest BCUT2D eigenvalue weighted by atomic mass is 79.9. The first-order valence-electron chi connectivity index (χ1n) is 7.60. The van der Waals surface area contributed by atoms with Gasteiger partial charge in [0.2, 0.25) is 0 Å². The third-order valence-corrected chi connectivity index (χ3v) is 5.15. The number of fused-ring (bicyclic) bond motifs is 1. The van der Waals surface area contributed by atoms with E-state index in [9.17, 15) is 14.9 Å². The average molecular weight is 429 g/mol. The molecule has 5 nitrogen and oxygen atoms in total. The number of benzene rings is 1. The van der Waals surface area contributed by atoms with E-state index in [1.165, 1.54) is 22.4 Å². The van der Waals surface area contributed by atoms with Crippen molar-refractivity contribution in [2.75, 3.05) is 6.26 Å². The number of nitriles is 1. The molecule has 0 fully saturated rings. The van der Waals surface area contributed by atoms with Crippen LogP contribution in [0.1, 0.15) is 21.5 Å². The summed E-state index contributed by atoms with van der Waals surface area (Å²) in [5, 5.41) is 9.40. The summed E-state index contributed by atoms with van der Waals surface area (Å²) in [5.74, 6) is -0.572.